The Morgan fingerprint density at radius 3 is 2.83 bits per heavy atom. The van der Waals surface area contributed by atoms with Gasteiger partial charge in [-0.1, -0.05) is 6.92 Å². The number of hydrogen-bond acceptors (Lipinski definition) is 3. The van der Waals surface area contributed by atoms with Gasteiger partial charge < -0.3 is 5.73 Å². The maximum absolute atomic E-state index is 11.1. The molecule has 4 nitrogen and oxygen atoms in total. The van der Waals surface area contributed by atoms with Gasteiger partial charge in [0.05, 0.1) is 0 Å². The summed E-state index contributed by atoms with van der Waals surface area (Å²) in [7, 11) is 0. The topological polar surface area (TPSA) is 72.5 Å². The van der Waals surface area contributed by atoms with Gasteiger partial charge in [-0.05, 0) is 6.42 Å². The minimum absolute atomic E-state index is 0.269. The van der Waals surface area contributed by atoms with Gasteiger partial charge >= 0.3 is 0 Å². The Bertz CT molecular complexity index is 279. The first-order valence-corrected chi connectivity index (χ1v) is 3.73. The summed E-state index contributed by atoms with van der Waals surface area (Å²) in [4.78, 5) is 25.9. The number of nitrogens with zero attached hydrogens (tertiary/aromatic N) is 1. The van der Waals surface area contributed by atoms with Crippen molar-refractivity contribution < 1.29 is 9.59 Å². The zero-order valence-corrected chi connectivity index (χ0v) is 6.78. The Morgan fingerprint density at radius 1 is 1.75 bits per heavy atom. The van der Waals surface area contributed by atoms with E-state index in [1.807, 2.05) is 6.92 Å². The number of nitrogens with two attached hydrogens (primary N) is 1. The van der Waals surface area contributed by atoms with E-state index >= 15 is 0 Å². The minimum atomic E-state index is -0.833. The Labute approximate surface area is 70.2 Å². The Kier molecular flexibility index (Phi) is 2.38. The third-order valence-electron chi connectivity index (χ3n) is 1.74. The predicted molar refractivity (Wildman–Crippen MR) is 44.6 cm³/mol. The van der Waals surface area contributed by atoms with E-state index in [1.54, 1.807) is 0 Å². The van der Waals surface area contributed by atoms with Crippen LogP contribution in [-0.4, -0.2) is 17.4 Å². The molecule has 0 aromatic carbocycles. The number of aliphatic imine (C=N–C) groups is 1. The van der Waals surface area contributed by atoms with Crippen molar-refractivity contribution in [1.29, 1.82) is 0 Å². The van der Waals surface area contributed by atoms with E-state index in [1.165, 1.54) is 12.3 Å². The van der Waals surface area contributed by atoms with E-state index in [2.05, 4.69) is 4.99 Å². The molecule has 1 rings (SSSR count). The van der Waals surface area contributed by atoms with Crippen molar-refractivity contribution in [1.82, 2.24) is 0 Å². The molecule has 0 bridgehead atoms. The molecule has 0 fully saturated rings. The molecule has 12 heavy (non-hydrogen) atoms. The van der Waals surface area contributed by atoms with Gasteiger partial charge in [0.25, 0.3) is 0 Å². The van der Waals surface area contributed by atoms with Crippen LogP contribution in [0.1, 0.15) is 13.3 Å². The second-order valence-corrected chi connectivity index (χ2v) is 2.53. The van der Waals surface area contributed by atoms with Crippen molar-refractivity contribution in [3.63, 3.8) is 0 Å². The third-order valence-corrected chi connectivity index (χ3v) is 1.74. The highest BCUT2D eigenvalue weighted by molar-refractivity contribution is 6.24. The smallest absolute Gasteiger partial charge is 0.234 e. The fourth-order valence-corrected chi connectivity index (χ4v) is 1.14. The summed E-state index contributed by atoms with van der Waals surface area (Å²) in [6.07, 6.45) is 3.25. The predicted octanol–water partition coefficient (Wildman–Crippen LogP) is 0.0353. The maximum atomic E-state index is 11.1. The number of rotatable bonds is 2. The molecule has 1 aliphatic heterocycles. The van der Waals surface area contributed by atoms with Gasteiger partial charge in [-0.3, -0.25) is 14.6 Å². The molecule has 0 aromatic heterocycles. The summed E-state index contributed by atoms with van der Waals surface area (Å²) in [6.45, 7) is 1.83. The van der Waals surface area contributed by atoms with Crippen LogP contribution in [0.3, 0.4) is 0 Å². The van der Waals surface area contributed by atoms with Crippen molar-refractivity contribution in [2.45, 2.75) is 13.3 Å². The molecule has 4 heteroatoms. The van der Waals surface area contributed by atoms with Gasteiger partial charge in [0, 0.05) is 18.0 Å². The molecular formula is C8H10N2O2. The van der Waals surface area contributed by atoms with Gasteiger partial charge in [0.1, 0.15) is 5.92 Å². The number of amides is 1. The van der Waals surface area contributed by atoms with Gasteiger partial charge in [-0.15, -0.1) is 0 Å². The summed E-state index contributed by atoms with van der Waals surface area (Å²) in [6, 6.07) is 0. The van der Waals surface area contributed by atoms with Crippen LogP contribution in [-0.2, 0) is 9.59 Å². The van der Waals surface area contributed by atoms with E-state index in [0.717, 1.165) is 0 Å². The summed E-state index contributed by atoms with van der Waals surface area (Å²) in [5, 5.41) is 0. The van der Waals surface area contributed by atoms with Crippen LogP contribution < -0.4 is 5.73 Å². The van der Waals surface area contributed by atoms with Gasteiger partial charge in [0.2, 0.25) is 5.91 Å². The first-order chi connectivity index (χ1) is 5.66. The lowest BCUT2D eigenvalue weighted by Crippen LogP contribution is -2.36. The number of carbonyl (C=O) groups excluding carboxylic acids is 2. The normalized spacial score (nSPS) is 22.2. The first kappa shape index (κ1) is 8.64. The monoisotopic (exact) mass is 166 g/mol. The van der Waals surface area contributed by atoms with Crippen molar-refractivity contribution in [2.24, 2.45) is 16.6 Å². The zero-order valence-electron chi connectivity index (χ0n) is 6.78. The van der Waals surface area contributed by atoms with Crippen LogP contribution in [0.25, 0.3) is 0 Å². The van der Waals surface area contributed by atoms with Crippen molar-refractivity contribution in [3.8, 4) is 0 Å². The molecule has 0 spiro atoms. The molecule has 1 atom stereocenters. The zero-order chi connectivity index (χ0) is 9.14. The highest BCUT2D eigenvalue weighted by atomic mass is 16.2. The van der Waals surface area contributed by atoms with Gasteiger partial charge in [0.15, 0.2) is 5.78 Å². The van der Waals surface area contributed by atoms with Crippen LogP contribution in [0, 0.1) is 5.92 Å². The molecule has 1 amide bonds. The second-order valence-electron chi connectivity index (χ2n) is 2.53. The average Bonchev–Trinajstić information content (AvgIpc) is 2.03. The molecule has 64 valence electrons. The number of allylic oxidation sites excluding steroid dienone is 1. The molecule has 0 radical (unpaired) electrons. The number of carbonyl (C=O) groups is 2. The number of hydrogen-bond donors (Lipinski definition) is 1. The van der Waals surface area contributed by atoms with Crippen molar-refractivity contribution >= 4 is 17.4 Å². The molecule has 0 saturated carbocycles. The molecule has 1 unspecified atom stereocenters. The summed E-state index contributed by atoms with van der Waals surface area (Å²) >= 11 is 0. The highest BCUT2D eigenvalue weighted by Gasteiger charge is 2.28. The second kappa shape index (κ2) is 3.30. The lowest BCUT2D eigenvalue weighted by molar-refractivity contribution is -0.126. The summed E-state index contributed by atoms with van der Waals surface area (Å²) in [5.41, 5.74) is 5.60. The molecule has 2 N–H and O–H groups in total. The average molecular weight is 166 g/mol. The van der Waals surface area contributed by atoms with Crippen LogP contribution in [0.5, 0.6) is 0 Å². The molecule has 0 saturated heterocycles. The Balaban J connectivity index is 2.96. The lowest BCUT2D eigenvalue weighted by atomic mass is 9.94. The number of ketones is 1. The molecule has 1 aliphatic rings. The van der Waals surface area contributed by atoms with Crippen LogP contribution in [0.15, 0.2) is 17.3 Å². The molecule has 1 heterocycles. The fourth-order valence-electron chi connectivity index (χ4n) is 1.14. The minimum Gasteiger partial charge on any atom is -0.369 e. The van der Waals surface area contributed by atoms with Gasteiger partial charge in [-0.25, -0.2) is 0 Å². The number of primary amides is 1. The Hall–Kier alpha value is -1.45. The summed E-state index contributed by atoms with van der Waals surface area (Å²) in [5.74, 6) is -1.72. The third kappa shape index (κ3) is 1.42. The molecule has 0 aromatic rings. The van der Waals surface area contributed by atoms with Crippen LogP contribution in [0.2, 0.25) is 0 Å². The van der Waals surface area contributed by atoms with E-state index < -0.39 is 11.8 Å². The van der Waals surface area contributed by atoms with Crippen LogP contribution in [0.4, 0.5) is 0 Å². The van der Waals surface area contributed by atoms with Crippen molar-refractivity contribution in [3.05, 3.63) is 12.3 Å². The lowest BCUT2D eigenvalue weighted by Gasteiger charge is -2.13. The Morgan fingerprint density at radius 2 is 2.42 bits per heavy atom. The fraction of sp³-hybridized carbons (Fsp3) is 0.375. The van der Waals surface area contributed by atoms with E-state index in [-0.39, 0.29) is 5.78 Å². The molecular weight excluding hydrogens is 156 g/mol. The van der Waals surface area contributed by atoms with E-state index in [4.69, 9.17) is 5.73 Å². The van der Waals surface area contributed by atoms with E-state index in [0.29, 0.717) is 12.1 Å². The maximum Gasteiger partial charge on any atom is 0.234 e. The highest BCUT2D eigenvalue weighted by Crippen LogP contribution is 2.10. The van der Waals surface area contributed by atoms with Crippen LogP contribution >= 0.6 is 0 Å². The largest absolute Gasteiger partial charge is 0.369 e. The molecule has 0 aliphatic carbocycles. The van der Waals surface area contributed by atoms with Gasteiger partial charge in [-0.2, -0.15) is 0 Å². The summed E-state index contributed by atoms with van der Waals surface area (Å²) < 4.78 is 0. The standard InChI is InChI=1S/C8H10N2O2/c1-2-5-7(8(9)12)6(11)3-4-10-5/h3-4,7H,2H2,1H3,(H2,9,12). The van der Waals surface area contributed by atoms with E-state index in [9.17, 15) is 9.59 Å². The quantitative estimate of drug-likeness (QED) is 0.588. The SMILES string of the molecule is CCC1=NC=CC(=O)C1C(N)=O. The first-order valence-electron chi connectivity index (χ1n) is 3.73. The van der Waals surface area contributed by atoms with Crippen molar-refractivity contribution in [2.75, 3.05) is 0 Å².